The molecule has 21 heavy (non-hydrogen) atoms. The Morgan fingerprint density at radius 1 is 1.19 bits per heavy atom. The van der Waals surface area contributed by atoms with Gasteiger partial charge in [0.1, 0.15) is 5.82 Å². The topological polar surface area (TPSA) is 28.2 Å². The molecule has 2 saturated carbocycles. The molecule has 3 nitrogen and oxygen atoms in total. The van der Waals surface area contributed by atoms with Crippen molar-refractivity contribution in [2.75, 3.05) is 11.9 Å². The Balaban J connectivity index is 1.74. The largest absolute Gasteiger partial charge is 0.356 e. The van der Waals surface area contributed by atoms with E-state index < -0.39 is 0 Å². The first-order valence-electron chi connectivity index (χ1n) is 8.34. The Labute approximate surface area is 136 Å². The molecule has 2 aliphatic carbocycles. The molecular weight excluding hydrogens is 326 g/mol. The van der Waals surface area contributed by atoms with Crippen LogP contribution in [-0.2, 0) is 6.54 Å². The van der Waals surface area contributed by atoms with Crippen LogP contribution in [0.15, 0.2) is 16.7 Å². The first kappa shape index (κ1) is 15.3. The van der Waals surface area contributed by atoms with Crippen LogP contribution in [-0.4, -0.2) is 24.1 Å². The summed E-state index contributed by atoms with van der Waals surface area (Å²) in [6.07, 6.45) is 12.7. The summed E-state index contributed by atoms with van der Waals surface area (Å²) in [5, 5.41) is 3.62. The second-order valence-corrected chi connectivity index (χ2v) is 7.46. The van der Waals surface area contributed by atoms with Crippen LogP contribution in [0.1, 0.15) is 56.9 Å². The van der Waals surface area contributed by atoms with Crippen LogP contribution in [0.5, 0.6) is 0 Å². The standard InChI is InChI=1S/C17H26BrN3/c1-21(16-6-4-2-3-5-7-16)17-13(10-14(18)12-20-17)11-19-15-8-9-15/h10,12,15-16,19H,2-9,11H2,1H3. The predicted molar refractivity (Wildman–Crippen MR) is 91.7 cm³/mol. The minimum absolute atomic E-state index is 0.654. The number of anilines is 1. The molecule has 1 aromatic heterocycles. The molecule has 3 rings (SSSR count). The van der Waals surface area contributed by atoms with Gasteiger partial charge in [0, 0.05) is 41.9 Å². The monoisotopic (exact) mass is 351 g/mol. The molecule has 0 radical (unpaired) electrons. The van der Waals surface area contributed by atoms with Crippen molar-refractivity contribution in [1.29, 1.82) is 0 Å². The van der Waals surface area contributed by atoms with Gasteiger partial charge in [-0.05, 0) is 47.7 Å². The van der Waals surface area contributed by atoms with E-state index in [4.69, 9.17) is 4.98 Å². The second kappa shape index (κ2) is 7.10. The highest BCUT2D eigenvalue weighted by Gasteiger charge is 2.23. The lowest BCUT2D eigenvalue weighted by Gasteiger charge is -2.30. The van der Waals surface area contributed by atoms with E-state index in [0.717, 1.165) is 17.1 Å². The Morgan fingerprint density at radius 3 is 2.57 bits per heavy atom. The molecule has 0 atom stereocenters. The highest BCUT2D eigenvalue weighted by Crippen LogP contribution is 2.28. The molecule has 2 fully saturated rings. The lowest BCUT2D eigenvalue weighted by molar-refractivity contribution is 0.546. The van der Waals surface area contributed by atoms with E-state index in [9.17, 15) is 0 Å². The summed E-state index contributed by atoms with van der Waals surface area (Å²) in [6, 6.07) is 3.62. The van der Waals surface area contributed by atoms with Crippen molar-refractivity contribution in [3.05, 3.63) is 22.3 Å². The van der Waals surface area contributed by atoms with Gasteiger partial charge in [-0.25, -0.2) is 4.98 Å². The fraction of sp³-hybridized carbons (Fsp3) is 0.706. The van der Waals surface area contributed by atoms with Gasteiger partial charge < -0.3 is 10.2 Å². The molecule has 0 aromatic carbocycles. The lowest BCUT2D eigenvalue weighted by Crippen LogP contribution is -2.33. The van der Waals surface area contributed by atoms with Crippen molar-refractivity contribution in [3.8, 4) is 0 Å². The zero-order valence-electron chi connectivity index (χ0n) is 12.9. The molecule has 0 bridgehead atoms. The Bertz CT molecular complexity index is 465. The fourth-order valence-electron chi connectivity index (χ4n) is 3.28. The number of pyridine rings is 1. The fourth-order valence-corrected chi connectivity index (χ4v) is 3.66. The van der Waals surface area contributed by atoms with Crippen LogP contribution < -0.4 is 10.2 Å². The van der Waals surface area contributed by atoms with Gasteiger partial charge >= 0.3 is 0 Å². The molecule has 0 aliphatic heterocycles. The molecule has 0 amide bonds. The summed E-state index contributed by atoms with van der Waals surface area (Å²) >= 11 is 3.57. The Kier molecular flexibility index (Phi) is 5.17. The second-order valence-electron chi connectivity index (χ2n) is 6.55. The SMILES string of the molecule is CN(c1ncc(Br)cc1CNC1CC1)C1CCCCCC1. The van der Waals surface area contributed by atoms with Crippen molar-refractivity contribution in [3.63, 3.8) is 0 Å². The van der Waals surface area contributed by atoms with Crippen LogP contribution in [0, 0.1) is 0 Å². The van der Waals surface area contributed by atoms with E-state index in [0.29, 0.717) is 6.04 Å². The van der Waals surface area contributed by atoms with Crippen molar-refractivity contribution in [2.24, 2.45) is 0 Å². The normalized spacial score (nSPS) is 20.3. The van der Waals surface area contributed by atoms with Crippen molar-refractivity contribution >= 4 is 21.7 Å². The third-order valence-electron chi connectivity index (χ3n) is 4.77. The quantitative estimate of drug-likeness (QED) is 0.803. The zero-order chi connectivity index (χ0) is 14.7. The summed E-state index contributed by atoms with van der Waals surface area (Å²) in [6.45, 7) is 0.934. The third kappa shape index (κ3) is 4.19. The average Bonchev–Trinajstić information content (AvgIpc) is 3.31. The zero-order valence-corrected chi connectivity index (χ0v) is 14.5. The predicted octanol–water partition coefficient (Wildman–Crippen LogP) is 4.26. The van der Waals surface area contributed by atoms with E-state index in [1.165, 1.54) is 62.7 Å². The molecule has 116 valence electrons. The summed E-state index contributed by atoms with van der Waals surface area (Å²) in [5.41, 5.74) is 1.32. The molecule has 0 unspecified atom stereocenters. The highest BCUT2D eigenvalue weighted by atomic mass is 79.9. The van der Waals surface area contributed by atoms with Gasteiger partial charge in [-0.15, -0.1) is 0 Å². The molecule has 1 heterocycles. The van der Waals surface area contributed by atoms with Gasteiger partial charge in [0.2, 0.25) is 0 Å². The summed E-state index contributed by atoms with van der Waals surface area (Å²) < 4.78 is 1.08. The van der Waals surface area contributed by atoms with Crippen LogP contribution in [0.4, 0.5) is 5.82 Å². The van der Waals surface area contributed by atoms with E-state index in [1.807, 2.05) is 6.20 Å². The molecular formula is C17H26BrN3. The number of nitrogens with zero attached hydrogens (tertiary/aromatic N) is 2. The Morgan fingerprint density at radius 2 is 1.90 bits per heavy atom. The summed E-state index contributed by atoms with van der Waals surface area (Å²) in [5.74, 6) is 1.17. The van der Waals surface area contributed by atoms with E-state index in [1.54, 1.807) is 0 Å². The maximum Gasteiger partial charge on any atom is 0.133 e. The van der Waals surface area contributed by atoms with E-state index >= 15 is 0 Å². The van der Waals surface area contributed by atoms with Crippen LogP contribution in [0.3, 0.4) is 0 Å². The number of hydrogen-bond donors (Lipinski definition) is 1. The summed E-state index contributed by atoms with van der Waals surface area (Å²) in [4.78, 5) is 7.15. The van der Waals surface area contributed by atoms with Gasteiger partial charge in [-0.1, -0.05) is 25.7 Å². The maximum atomic E-state index is 4.72. The van der Waals surface area contributed by atoms with Gasteiger partial charge in [-0.3, -0.25) is 0 Å². The lowest BCUT2D eigenvalue weighted by atomic mass is 10.1. The molecule has 4 heteroatoms. The van der Waals surface area contributed by atoms with E-state index in [-0.39, 0.29) is 0 Å². The minimum Gasteiger partial charge on any atom is -0.356 e. The van der Waals surface area contributed by atoms with Crippen molar-refractivity contribution < 1.29 is 0 Å². The summed E-state index contributed by atoms with van der Waals surface area (Å²) in [7, 11) is 2.23. The molecule has 0 spiro atoms. The van der Waals surface area contributed by atoms with Crippen molar-refractivity contribution in [2.45, 2.75) is 70.0 Å². The van der Waals surface area contributed by atoms with Gasteiger partial charge in [0.25, 0.3) is 0 Å². The molecule has 2 aliphatic rings. The first-order chi connectivity index (χ1) is 10.2. The molecule has 0 saturated heterocycles. The minimum atomic E-state index is 0.654. The first-order valence-corrected chi connectivity index (χ1v) is 9.14. The number of halogens is 1. The smallest absolute Gasteiger partial charge is 0.133 e. The number of nitrogens with one attached hydrogen (secondary N) is 1. The number of rotatable bonds is 5. The maximum absolute atomic E-state index is 4.72. The van der Waals surface area contributed by atoms with Crippen molar-refractivity contribution in [1.82, 2.24) is 10.3 Å². The highest BCUT2D eigenvalue weighted by molar-refractivity contribution is 9.10. The van der Waals surface area contributed by atoms with Crippen LogP contribution >= 0.6 is 15.9 Å². The van der Waals surface area contributed by atoms with Gasteiger partial charge in [0.15, 0.2) is 0 Å². The molecule has 1 aromatic rings. The number of aromatic nitrogens is 1. The third-order valence-corrected chi connectivity index (χ3v) is 5.21. The van der Waals surface area contributed by atoms with Crippen LogP contribution in [0.2, 0.25) is 0 Å². The van der Waals surface area contributed by atoms with E-state index in [2.05, 4.69) is 39.3 Å². The van der Waals surface area contributed by atoms with Crippen LogP contribution in [0.25, 0.3) is 0 Å². The molecule has 1 N–H and O–H groups in total. The Hall–Kier alpha value is -0.610. The number of hydrogen-bond acceptors (Lipinski definition) is 3. The van der Waals surface area contributed by atoms with Gasteiger partial charge in [0.05, 0.1) is 0 Å². The average molecular weight is 352 g/mol. The van der Waals surface area contributed by atoms with Gasteiger partial charge in [-0.2, -0.15) is 0 Å².